The molecule has 2 aromatic rings. The zero-order valence-electron chi connectivity index (χ0n) is 12.2. The number of fused-ring (bicyclic) bond motifs is 1. The van der Waals surface area contributed by atoms with Crippen molar-refractivity contribution in [3.05, 3.63) is 53.7 Å². The van der Waals surface area contributed by atoms with E-state index in [0.717, 1.165) is 0 Å². The zero-order valence-corrected chi connectivity index (χ0v) is 12.2. The third-order valence-corrected chi connectivity index (χ3v) is 3.15. The molecule has 0 unspecified atom stereocenters. The van der Waals surface area contributed by atoms with Gasteiger partial charge in [0.15, 0.2) is 5.76 Å². The van der Waals surface area contributed by atoms with Gasteiger partial charge in [-0.3, -0.25) is 9.59 Å². The highest BCUT2D eigenvalue weighted by molar-refractivity contribution is 6.14. The first-order chi connectivity index (χ1) is 10.5. The fourth-order valence-corrected chi connectivity index (χ4v) is 1.97. The standard InChI is InChI=1S/C17H14O5/c1-10(2)17(19)21-12-5-6-13-14(9-12)22-15(16(13)18)8-11-4-3-7-20-11/h3-10H,1-2H3/b15-8+. The van der Waals surface area contributed by atoms with Gasteiger partial charge in [0.2, 0.25) is 5.78 Å². The summed E-state index contributed by atoms with van der Waals surface area (Å²) < 4.78 is 15.9. The van der Waals surface area contributed by atoms with Gasteiger partial charge in [0.1, 0.15) is 17.3 Å². The fraction of sp³-hybridized carbons (Fsp3) is 0.176. The molecule has 0 radical (unpaired) electrons. The molecule has 3 rings (SSSR count). The van der Waals surface area contributed by atoms with Gasteiger partial charge in [0.05, 0.1) is 17.7 Å². The molecular weight excluding hydrogens is 284 g/mol. The predicted molar refractivity (Wildman–Crippen MR) is 78.6 cm³/mol. The lowest BCUT2D eigenvalue weighted by Gasteiger charge is -2.07. The molecule has 1 aromatic heterocycles. The van der Waals surface area contributed by atoms with Crippen molar-refractivity contribution in [3.8, 4) is 11.5 Å². The Balaban J connectivity index is 1.85. The van der Waals surface area contributed by atoms with Gasteiger partial charge in [-0.1, -0.05) is 13.8 Å². The third-order valence-electron chi connectivity index (χ3n) is 3.15. The number of Topliss-reactive ketones (excluding diaryl/α,β-unsaturated/α-hetero) is 1. The Morgan fingerprint density at radius 1 is 1.27 bits per heavy atom. The first kappa shape index (κ1) is 14.1. The molecular formula is C17H14O5. The average Bonchev–Trinajstić information content (AvgIpc) is 3.08. The lowest BCUT2D eigenvalue weighted by atomic mass is 10.1. The van der Waals surface area contributed by atoms with Crippen molar-refractivity contribution in [3.63, 3.8) is 0 Å². The van der Waals surface area contributed by atoms with Crippen LogP contribution in [0.3, 0.4) is 0 Å². The van der Waals surface area contributed by atoms with Gasteiger partial charge >= 0.3 is 5.97 Å². The highest BCUT2D eigenvalue weighted by Gasteiger charge is 2.28. The van der Waals surface area contributed by atoms with E-state index in [1.165, 1.54) is 18.4 Å². The Morgan fingerprint density at radius 2 is 2.09 bits per heavy atom. The van der Waals surface area contributed by atoms with E-state index in [9.17, 15) is 9.59 Å². The molecule has 0 bridgehead atoms. The first-order valence-corrected chi connectivity index (χ1v) is 6.88. The topological polar surface area (TPSA) is 65.7 Å². The first-order valence-electron chi connectivity index (χ1n) is 6.88. The number of carbonyl (C=O) groups excluding carboxylic acids is 2. The number of hydrogen-bond donors (Lipinski definition) is 0. The maximum atomic E-state index is 12.2. The predicted octanol–water partition coefficient (Wildman–Crippen LogP) is 3.46. The van der Waals surface area contributed by atoms with E-state index >= 15 is 0 Å². The number of ketones is 1. The van der Waals surface area contributed by atoms with E-state index in [2.05, 4.69) is 0 Å². The Bertz CT molecular complexity index is 753. The number of carbonyl (C=O) groups is 2. The average molecular weight is 298 g/mol. The van der Waals surface area contributed by atoms with Gasteiger partial charge in [-0.2, -0.15) is 0 Å². The minimum absolute atomic E-state index is 0.178. The van der Waals surface area contributed by atoms with Crippen molar-refractivity contribution in [2.75, 3.05) is 0 Å². The van der Waals surface area contributed by atoms with Gasteiger partial charge in [0.25, 0.3) is 0 Å². The van der Waals surface area contributed by atoms with Crippen LogP contribution in [0.2, 0.25) is 0 Å². The van der Waals surface area contributed by atoms with Crippen LogP contribution in [0.5, 0.6) is 11.5 Å². The maximum Gasteiger partial charge on any atom is 0.313 e. The molecule has 0 fully saturated rings. The van der Waals surface area contributed by atoms with Crippen molar-refractivity contribution >= 4 is 17.8 Å². The third kappa shape index (κ3) is 2.65. The summed E-state index contributed by atoms with van der Waals surface area (Å²) in [5.41, 5.74) is 0.433. The second-order valence-corrected chi connectivity index (χ2v) is 5.19. The molecule has 112 valence electrons. The second kappa shape index (κ2) is 5.52. The minimum atomic E-state index is -0.337. The summed E-state index contributed by atoms with van der Waals surface area (Å²) in [6, 6.07) is 8.15. The van der Waals surface area contributed by atoms with Crippen molar-refractivity contribution in [2.45, 2.75) is 13.8 Å². The van der Waals surface area contributed by atoms with Crippen LogP contribution >= 0.6 is 0 Å². The van der Waals surface area contributed by atoms with Crippen LogP contribution in [-0.2, 0) is 4.79 Å². The molecule has 0 N–H and O–H groups in total. The van der Waals surface area contributed by atoms with Gasteiger partial charge in [0, 0.05) is 12.1 Å². The molecule has 5 nitrogen and oxygen atoms in total. The van der Waals surface area contributed by atoms with Crippen molar-refractivity contribution in [2.24, 2.45) is 5.92 Å². The summed E-state index contributed by atoms with van der Waals surface area (Å²) in [7, 11) is 0. The Kier molecular flexibility index (Phi) is 3.55. The largest absolute Gasteiger partial charge is 0.465 e. The molecule has 0 amide bonds. The van der Waals surface area contributed by atoms with E-state index in [1.807, 2.05) is 0 Å². The van der Waals surface area contributed by atoms with Gasteiger partial charge in [-0.15, -0.1) is 0 Å². The normalized spacial score (nSPS) is 15.0. The summed E-state index contributed by atoms with van der Waals surface area (Å²) in [4.78, 5) is 23.8. The summed E-state index contributed by atoms with van der Waals surface area (Å²) in [6.07, 6.45) is 3.05. The minimum Gasteiger partial charge on any atom is -0.465 e. The maximum absolute atomic E-state index is 12.2. The molecule has 22 heavy (non-hydrogen) atoms. The van der Waals surface area contributed by atoms with E-state index in [0.29, 0.717) is 22.8 Å². The Hall–Kier alpha value is -2.82. The monoisotopic (exact) mass is 298 g/mol. The highest BCUT2D eigenvalue weighted by atomic mass is 16.5. The van der Waals surface area contributed by atoms with Crippen LogP contribution in [0.15, 0.2) is 46.8 Å². The number of allylic oxidation sites excluding steroid dienone is 1. The van der Waals surface area contributed by atoms with E-state index in [4.69, 9.17) is 13.9 Å². The number of ether oxygens (including phenoxy) is 2. The van der Waals surface area contributed by atoms with Crippen LogP contribution in [-0.4, -0.2) is 11.8 Å². The number of rotatable bonds is 3. The number of esters is 1. The molecule has 0 saturated heterocycles. The lowest BCUT2D eigenvalue weighted by molar-refractivity contribution is -0.137. The van der Waals surface area contributed by atoms with Crippen molar-refractivity contribution < 1.29 is 23.5 Å². The molecule has 0 saturated carbocycles. The molecule has 0 aliphatic carbocycles. The number of furan rings is 1. The Labute approximate surface area is 127 Å². The van der Waals surface area contributed by atoms with Crippen LogP contribution in [0, 0.1) is 5.92 Å². The van der Waals surface area contributed by atoms with Crippen LogP contribution in [0.25, 0.3) is 6.08 Å². The van der Waals surface area contributed by atoms with E-state index in [1.54, 1.807) is 38.1 Å². The second-order valence-electron chi connectivity index (χ2n) is 5.19. The van der Waals surface area contributed by atoms with Crippen LogP contribution < -0.4 is 9.47 Å². The molecule has 0 spiro atoms. The summed E-state index contributed by atoms with van der Waals surface area (Å²) in [5.74, 6) is 0.634. The van der Waals surface area contributed by atoms with Gasteiger partial charge in [-0.25, -0.2) is 0 Å². The summed E-state index contributed by atoms with van der Waals surface area (Å²) in [5, 5.41) is 0. The highest BCUT2D eigenvalue weighted by Crippen LogP contribution is 2.35. The summed E-state index contributed by atoms with van der Waals surface area (Å²) >= 11 is 0. The molecule has 1 aliphatic heterocycles. The van der Waals surface area contributed by atoms with Crippen molar-refractivity contribution in [1.82, 2.24) is 0 Å². The van der Waals surface area contributed by atoms with Gasteiger partial charge in [-0.05, 0) is 24.3 Å². The molecule has 1 aliphatic rings. The number of benzene rings is 1. The smallest absolute Gasteiger partial charge is 0.313 e. The Morgan fingerprint density at radius 3 is 2.77 bits per heavy atom. The van der Waals surface area contributed by atoms with E-state index in [-0.39, 0.29) is 23.4 Å². The lowest BCUT2D eigenvalue weighted by Crippen LogP contribution is -2.14. The SMILES string of the molecule is CC(C)C(=O)Oc1ccc2c(c1)O/C(=C/c1ccco1)C2=O. The fourth-order valence-electron chi connectivity index (χ4n) is 1.97. The van der Waals surface area contributed by atoms with Gasteiger partial charge < -0.3 is 13.9 Å². The quantitative estimate of drug-likeness (QED) is 0.493. The van der Waals surface area contributed by atoms with Crippen LogP contribution in [0.4, 0.5) is 0 Å². The van der Waals surface area contributed by atoms with Crippen LogP contribution in [0.1, 0.15) is 30.0 Å². The number of hydrogen-bond acceptors (Lipinski definition) is 5. The molecule has 2 heterocycles. The summed E-state index contributed by atoms with van der Waals surface area (Å²) in [6.45, 7) is 3.50. The molecule has 0 atom stereocenters. The molecule has 1 aromatic carbocycles. The zero-order chi connectivity index (χ0) is 15.7. The van der Waals surface area contributed by atoms with Crippen molar-refractivity contribution in [1.29, 1.82) is 0 Å². The molecule has 5 heteroatoms. The van der Waals surface area contributed by atoms with E-state index < -0.39 is 0 Å².